The molecule has 2 nitrogen and oxygen atoms in total. The van der Waals surface area contributed by atoms with Gasteiger partial charge in [-0.1, -0.05) is 19.3 Å². The van der Waals surface area contributed by atoms with Crippen molar-refractivity contribution in [2.75, 3.05) is 0 Å². The number of furan rings is 1. The quantitative estimate of drug-likeness (QED) is 0.651. The molecule has 1 saturated carbocycles. The molecule has 1 fully saturated rings. The Morgan fingerprint density at radius 1 is 1.31 bits per heavy atom. The Morgan fingerprint density at radius 3 is 2.77 bits per heavy atom. The van der Waals surface area contributed by atoms with E-state index in [0.29, 0.717) is 11.7 Å². The van der Waals surface area contributed by atoms with Gasteiger partial charge in [0.15, 0.2) is 12.0 Å². The summed E-state index contributed by atoms with van der Waals surface area (Å²) in [6.45, 7) is 0. The highest BCUT2D eigenvalue weighted by atomic mass is 16.3. The predicted molar refractivity (Wildman–Crippen MR) is 49.9 cm³/mol. The van der Waals surface area contributed by atoms with Crippen molar-refractivity contribution in [3.8, 4) is 0 Å². The summed E-state index contributed by atoms with van der Waals surface area (Å²) in [5.74, 6) is 1.10. The number of carbonyl (C=O) groups excluding carboxylic acids is 1. The first-order chi connectivity index (χ1) is 6.42. The minimum absolute atomic E-state index is 0.534. The lowest BCUT2D eigenvalue weighted by atomic mass is 9.84. The summed E-state index contributed by atoms with van der Waals surface area (Å²) in [6.07, 6.45) is 8.77. The molecule has 2 rings (SSSR count). The lowest BCUT2D eigenvalue weighted by Gasteiger charge is -2.20. The van der Waals surface area contributed by atoms with E-state index in [9.17, 15) is 4.79 Å². The Kier molecular flexibility index (Phi) is 2.48. The van der Waals surface area contributed by atoms with Crippen LogP contribution >= 0.6 is 0 Å². The second-order valence-electron chi connectivity index (χ2n) is 3.69. The predicted octanol–water partition coefficient (Wildman–Crippen LogP) is 3.14. The van der Waals surface area contributed by atoms with Gasteiger partial charge in [0.1, 0.15) is 0 Å². The molecule has 0 amide bonds. The van der Waals surface area contributed by atoms with E-state index in [1.165, 1.54) is 32.1 Å². The van der Waals surface area contributed by atoms with Gasteiger partial charge in [-0.3, -0.25) is 4.79 Å². The Morgan fingerprint density at radius 2 is 2.08 bits per heavy atom. The minimum Gasteiger partial charge on any atom is -0.461 e. The summed E-state index contributed by atoms with van der Waals surface area (Å²) in [5, 5.41) is 0. The van der Waals surface area contributed by atoms with Crippen LogP contribution in [0.2, 0.25) is 0 Å². The van der Waals surface area contributed by atoms with Crippen molar-refractivity contribution in [2.24, 2.45) is 0 Å². The van der Waals surface area contributed by atoms with Crippen molar-refractivity contribution in [2.45, 2.75) is 38.0 Å². The van der Waals surface area contributed by atoms with Crippen LogP contribution in [0.3, 0.4) is 0 Å². The summed E-state index contributed by atoms with van der Waals surface area (Å²) < 4.78 is 5.10. The topological polar surface area (TPSA) is 30.2 Å². The lowest BCUT2D eigenvalue weighted by Crippen LogP contribution is -2.05. The Bertz CT molecular complexity index is 282. The molecular weight excluding hydrogens is 164 g/mol. The van der Waals surface area contributed by atoms with Gasteiger partial charge in [-0.2, -0.15) is 0 Å². The van der Waals surface area contributed by atoms with Crippen LogP contribution in [-0.2, 0) is 0 Å². The van der Waals surface area contributed by atoms with Crippen LogP contribution < -0.4 is 0 Å². The molecule has 1 aliphatic rings. The Labute approximate surface area is 77.9 Å². The van der Waals surface area contributed by atoms with E-state index in [1.807, 2.05) is 6.07 Å². The molecule has 0 spiro atoms. The maximum Gasteiger partial charge on any atom is 0.185 e. The van der Waals surface area contributed by atoms with Gasteiger partial charge in [-0.25, -0.2) is 0 Å². The fraction of sp³-hybridized carbons (Fsp3) is 0.545. The van der Waals surface area contributed by atoms with E-state index in [4.69, 9.17) is 4.42 Å². The van der Waals surface area contributed by atoms with Crippen LogP contribution in [0.15, 0.2) is 16.7 Å². The molecule has 1 aliphatic carbocycles. The van der Waals surface area contributed by atoms with Gasteiger partial charge in [0.25, 0.3) is 0 Å². The zero-order chi connectivity index (χ0) is 9.10. The molecule has 2 heteroatoms. The molecule has 0 unspecified atom stereocenters. The van der Waals surface area contributed by atoms with E-state index in [2.05, 4.69) is 0 Å². The van der Waals surface area contributed by atoms with Gasteiger partial charge < -0.3 is 4.42 Å². The summed E-state index contributed by atoms with van der Waals surface area (Å²) in [4.78, 5) is 10.6. The fourth-order valence-corrected chi connectivity index (χ4v) is 2.18. The molecule has 0 aliphatic heterocycles. The molecule has 1 aromatic rings. The average molecular weight is 178 g/mol. The van der Waals surface area contributed by atoms with Crippen molar-refractivity contribution < 1.29 is 9.21 Å². The van der Waals surface area contributed by atoms with E-state index in [-0.39, 0.29) is 0 Å². The zero-order valence-electron chi connectivity index (χ0n) is 7.66. The van der Waals surface area contributed by atoms with Crippen LogP contribution in [0, 0.1) is 0 Å². The van der Waals surface area contributed by atoms with E-state index in [1.54, 1.807) is 6.26 Å². The van der Waals surface area contributed by atoms with Crippen molar-refractivity contribution in [1.82, 2.24) is 0 Å². The first kappa shape index (κ1) is 8.54. The normalized spacial score (nSPS) is 18.8. The van der Waals surface area contributed by atoms with E-state index >= 15 is 0 Å². The van der Waals surface area contributed by atoms with Crippen LogP contribution in [-0.4, -0.2) is 6.29 Å². The van der Waals surface area contributed by atoms with Gasteiger partial charge >= 0.3 is 0 Å². The molecular formula is C11H14O2. The minimum atomic E-state index is 0.534. The maximum absolute atomic E-state index is 10.6. The molecule has 0 radical (unpaired) electrons. The van der Waals surface area contributed by atoms with Crippen LogP contribution in [0.4, 0.5) is 0 Å². The third kappa shape index (κ3) is 1.67. The SMILES string of the molecule is O=Cc1occc1C1CCCCC1. The van der Waals surface area contributed by atoms with Crippen molar-refractivity contribution in [1.29, 1.82) is 0 Å². The second kappa shape index (κ2) is 3.77. The molecule has 0 atom stereocenters. The van der Waals surface area contributed by atoms with Gasteiger partial charge in [-0.15, -0.1) is 0 Å². The zero-order valence-corrected chi connectivity index (χ0v) is 7.66. The summed E-state index contributed by atoms with van der Waals surface area (Å²) in [5.41, 5.74) is 1.12. The third-order valence-electron chi connectivity index (χ3n) is 2.88. The molecule has 0 saturated heterocycles. The van der Waals surface area contributed by atoms with Gasteiger partial charge in [0.05, 0.1) is 6.26 Å². The molecule has 13 heavy (non-hydrogen) atoms. The number of hydrogen-bond acceptors (Lipinski definition) is 2. The Hall–Kier alpha value is -1.05. The molecule has 0 N–H and O–H groups in total. The molecule has 1 heterocycles. The van der Waals surface area contributed by atoms with E-state index in [0.717, 1.165) is 11.8 Å². The largest absolute Gasteiger partial charge is 0.461 e. The van der Waals surface area contributed by atoms with Crippen LogP contribution in [0.5, 0.6) is 0 Å². The summed E-state index contributed by atoms with van der Waals surface area (Å²) in [7, 11) is 0. The summed E-state index contributed by atoms with van der Waals surface area (Å²) >= 11 is 0. The third-order valence-corrected chi connectivity index (χ3v) is 2.88. The number of aldehydes is 1. The second-order valence-corrected chi connectivity index (χ2v) is 3.69. The smallest absolute Gasteiger partial charge is 0.185 e. The maximum atomic E-state index is 10.6. The van der Waals surface area contributed by atoms with Gasteiger partial charge in [0.2, 0.25) is 0 Å². The number of rotatable bonds is 2. The van der Waals surface area contributed by atoms with Crippen molar-refractivity contribution in [3.05, 3.63) is 23.7 Å². The van der Waals surface area contributed by atoms with Crippen molar-refractivity contribution in [3.63, 3.8) is 0 Å². The monoisotopic (exact) mass is 178 g/mol. The van der Waals surface area contributed by atoms with Gasteiger partial charge in [-0.05, 0) is 24.8 Å². The lowest BCUT2D eigenvalue weighted by molar-refractivity contribution is 0.109. The summed E-state index contributed by atoms with van der Waals surface area (Å²) in [6, 6.07) is 1.94. The fourth-order valence-electron chi connectivity index (χ4n) is 2.18. The highest BCUT2D eigenvalue weighted by molar-refractivity contribution is 5.73. The first-order valence-electron chi connectivity index (χ1n) is 4.94. The first-order valence-corrected chi connectivity index (χ1v) is 4.94. The average Bonchev–Trinajstić information content (AvgIpc) is 2.67. The van der Waals surface area contributed by atoms with Crippen LogP contribution in [0.1, 0.15) is 54.1 Å². The standard InChI is InChI=1S/C11H14O2/c12-8-11-10(6-7-13-11)9-4-2-1-3-5-9/h6-9H,1-5H2. The molecule has 0 bridgehead atoms. The molecule has 0 aromatic carbocycles. The number of carbonyl (C=O) groups is 1. The Balaban J connectivity index is 2.17. The molecule has 70 valence electrons. The highest BCUT2D eigenvalue weighted by Crippen LogP contribution is 2.34. The number of hydrogen-bond donors (Lipinski definition) is 0. The molecule has 1 aromatic heterocycles. The highest BCUT2D eigenvalue weighted by Gasteiger charge is 2.19. The van der Waals surface area contributed by atoms with Gasteiger partial charge in [0, 0.05) is 5.56 Å². The van der Waals surface area contributed by atoms with Crippen molar-refractivity contribution >= 4 is 6.29 Å². The van der Waals surface area contributed by atoms with E-state index < -0.39 is 0 Å². The van der Waals surface area contributed by atoms with Crippen LogP contribution in [0.25, 0.3) is 0 Å².